The van der Waals surface area contributed by atoms with Crippen LogP contribution in [-0.4, -0.2) is 20.4 Å². The first-order valence-corrected chi connectivity index (χ1v) is 9.65. The van der Waals surface area contributed by atoms with E-state index in [1.807, 2.05) is 48.5 Å². The molecule has 1 radical (unpaired) electrons. The van der Waals surface area contributed by atoms with Gasteiger partial charge in [-0.1, -0.05) is 54.3 Å². The van der Waals surface area contributed by atoms with Gasteiger partial charge in [-0.15, -0.1) is 0 Å². The molecule has 0 aliphatic carbocycles. The van der Waals surface area contributed by atoms with Crippen molar-refractivity contribution in [1.29, 1.82) is 0 Å². The van der Waals surface area contributed by atoms with Gasteiger partial charge in [0.2, 0.25) is 0 Å². The second-order valence-electron chi connectivity index (χ2n) is 7.09. The van der Waals surface area contributed by atoms with Gasteiger partial charge in [0.1, 0.15) is 0 Å². The molecule has 161 valence electrons. The van der Waals surface area contributed by atoms with E-state index in [9.17, 15) is 4.79 Å². The molecule has 0 atom stereocenters. The molecule has 0 unspecified atom stereocenters. The molecule has 2 aromatic carbocycles. The van der Waals surface area contributed by atoms with Crippen molar-refractivity contribution in [2.24, 2.45) is 0 Å². The largest absolute Gasteiger partial charge is 0.512 e. The molecule has 6 nitrogen and oxygen atoms in total. The third-order valence-corrected chi connectivity index (χ3v) is 4.74. The van der Waals surface area contributed by atoms with Crippen LogP contribution in [0.15, 0.2) is 78.7 Å². The van der Waals surface area contributed by atoms with E-state index in [2.05, 4.69) is 26.5 Å². The summed E-state index contributed by atoms with van der Waals surface area (Å²) in [6.45, 7) is 10.1. The van der Waals surface area contributed by atoms with Crippen LogP contribution in [0.25, 0.3) is 43.5 Å². The molecule has 0 fully saturated rings. The van der Waals surface area contributed by atoms with Crippen molar-refractivity contribution in [2.75, 3.05) is 0 Å². The van der Waals surface area contributed by atoms with E-state index in [4.69, 9.17) is 16.7 Å². The smallest absolute Gasteiger partial charge is 0.187 e. The quantitative estimate of drug-likeness (QED) is 0.156. The Kier molecular flexibility index (Phi) is 6.89. The number of hydrogen-bond acceptors (Lipinski definition) is 3. The molecule has 1 N–H and O–H groups in total. The van der Waals surface area contributed by atoms with E-state index in [-0.39, 0.29) is 31.6 Å². The van der Waals surface area contributed by atoms with Crippen molar-refractivity contribution in [3.8, 4) is 5.82 Å². The van der Waals surface area contributed by atoms with Gasteiger partial charge in [-0.05, 0) is 47.8 Å². The Morgan fingerprint density at radius 3 is 2.53 bits per heavy atom. The standard InChI is InChI=1S/C20H11N4.C5H8O2.Ir/c1-21-14-8-9-18-16(12-14)15-6-4-10-22-20(15)24(18)19-11-13-5-2-3-7-17(13)23-19;1-4(6)3-5(2)7;/h2-12H;3,6H,1-2H3;/q-1;;/b;4-3-;. The van der Waals surface area contributed by atoms with Crippen LogP contribution in [0, 0.1) is 6.57 Å². The fourth-order valence-corrected chi connectivity index (χ4v) is 3.55. The Bertz CT molecular complexity index is 1470. The predicted octanol–water partition coefficient (Wildman–Crippen LogP) is 5.87. The Balaban J connectivity index is 0.000000318. The van der Waals surface area contributed by atoms with Crippen molar-refractivity contribution in [3.63, 3.8) is 0 Å². The summed E-state index contributed by atoms with van der Waals surface area (Å²) >= 11 is 0. The van der Waals surface area contributed by atoms with Crippen molar-refractivity contribution in [2.45, 2.75) is 13.8 Å². The van der Waals surface area contributed by atoms with Gasteiger partial charge in [-0.25, -0.2) is 4.85 Å². The molecule has 0 aliphatic heterocycles. The zero-order chi connectivity index (χ0) is 22.0. The maximum atomic E-state index is 10.0. The number of benzene rings is 2. The molecule has 5 aromatic rings. The average molecular weight is 600 g/mol. The topological polar surface area (TPSA) is 73.6 Å². The van der Waals surface area contributed by atoms with E-state index in [0.717, 1.165) is 38.7 Å². The molecule has 0 bridgehead atoms. The minimum absolute atomic E-state index is 0. The van der Waals surface area contributed by atoms with E-state index >= 15 is 0 Å². The van der Waals surface area contributed by atoms with Crippen LogP contribution in [0.1, 0.15) is 13.8 Å². The van der Waals surface area contributed by atoms with E-state index < -0.39 is 0 Å². The zero-order valence-corrected chi connectivity index (χ0v) is 19.8. The molecule has 3 heterocycles. The summed E-state index contributed by atoms with van der Waals surface area (Å²) in [6.07, 6.45) is 2.95. The van der Waals surface area contributed by atoms with E-state index in [1.54, 1.807) is 6.20 Å². The second kappa shape index (κ2) is 9.61. The van der Waals surface area contributed by atoms with Crippen LogP contribution in [0.4, 0.5) is 5.69 Å². The summed E-state index contributed by atoms with van der Waals surface area (Å²) in [5, 5.41) is 11.5. The number of carbonyl (C=O) groups is 1. The number of ketones is 1. The number of fused-ring (bicyclic) bond motifs is 4. The summed E-state index contributed by atoms with van der Waals surface area (Å²) in [4.78, 5) is 22.9. The number of aliphatic hydroxyl groups is 1. The Hall–Kier alpha value is -3.72. The van der Waals surface area contributed by atoms with Gasteiger partial charge in [0.15, 0.2) is 11.5 Å². The van der Waals surface area contributed by atoms with Gasteiger partial charge in [0.05, 0.1) is 18.0 Å². The number of pyridine rings is 1. The monoisotopic (exact) mass is 600 g/mol. The van der Waals surface area contributed by atoms with Gasteiger partial charge in [0, 0.05) is 37.8 Å². The Labute approximate surface area is 198 Å². The fraction of sp³-hybridized carbons (Fsp3) is 0.0800. The molecule has 3 aromatic heterocycles. The van der Waals surface area contributed by atoms with Crippen molar-refractivity contribution in [3.05, 3.63) is 90.1 Å². The van der Waals surface area contributed by atoms with E-state index in [1.165, 1.54) is 19.9 Å². The van der Waals surface area contributed by atoms with Crippen molar-refractivity contribution in [1.82, 2.24) is 14.5 Å². The van der Waals surface area contributed by atoms with Crippen LogP contribution < -0.4 is 4.98 Å². The molecule has 5 rings (SSSR count). The Morgan fingerprint density at radius 1 is 1.09 bits per heavy atom. The van der Waals surface area contributed by atoms with Gasteiger partial charge in [-0.2, -0.15) is 0 Å². The summed E-state index contributed by atoms with van der Waals surface area (Å²) in [5.41, 5.74) is 3.47. The van der Waals surface area contributed by atoms with Gasteiger partial charge in [-0.3, -0.25) is 9.78 Å². The van der Waals surface area contributed by atoms with Crippen LogP contribution >= 0.6 is 0 Å². The first kappa shape index (κ1) is 23.0. The number of carbonyl (C=O) groups excluding carboxylic acids is 1. The molecule has 0 aliphatic rings. The molecule has 32 heavy (non-hydrogen) atoms. The van der Waals surface area contributed by atoms with Crippen LogP contribution in [0.5, 0.6) is 0 Å². The first-order chi connectivity index (χ1) is 15.0. The molecule has 7 heteroatoms. The Morgan fingerprint density at radius 2 is 1.88 bits per heavy atom. The number of para-hydroxylation sites is 1. The zero-order valence-electron chi connectivity index (χ0n) is 17.4. The van der Waals surface area contributed by atoms with Crippen LogP contribution in [0.2, 0.25) is 0 Å². The number of aromatic nitrogens is 3. The third kappa shape index (κ3) is 4.47. The minimum atomic E-state index is -0.125. The van der Waals surface area contributed by atoms with Gasteiger partial charge < -0.3 is 14.7 Å². The maximum Gasteiger partial charge on any atom is 0.187 e. The third-order valence-electron chi connectivity index (χ3n) is 4.74. The van der Waals surface area contributed by atoms with Crippen LogP contribution in [0.3, 0.4) is 0 Å². The molecule has 0 saturated carbocycles. The summed E-state index contributed by atoms with van der Waals surface area (Å²) in [6, 6.07) is 19.9. The normalized spacial score (nSPS) is 11.0. The molecular formula is C25H19IrN4O2-. The number of nitrogens with zero attached hydrogens (tertiary/aromatic N) is 4. The number of aliphatic hydroxyl groups excluding tert-OH is 1. The fourth-order valence-electron chi connectivity index (χ4n) is 3.55. The minimum Gasteiger partial charge on any atom is -0.512 e. The summed E-state index contributed by atoms with van der Waals surface area (Å²) in [5.74, 6) is 0.790. The first-order valence-electron chi connectivity index (χ1n) is 9.65. The predicted molar refractivity (Wildman–Crippen MR) is 123 cm³/mol. The van der Waals surface area contributed by atoms with Crippen LogP contribution in [-0.2, 0) is 24.9 Å². The van der Waals surface area contributed by atoms with Crippen molar-refractivity contribution < 1.29 is 30.0 Å². The number of hydrogen-bond donors (Lipinski definition) is 1. The van der Waals surface area contributed by atoms with Gasteiger partial charge in [0.25, 0.3) is 0 Å². The van der Waals surface area contributed by atoms with E-state index in [0.29, 0.717) is 5.69 Å². The average Bonchev–Trinajstić information content (AvgIpc) is 3.31. The maximum absolute atomic E-state index is 10.0. The molecule has 0 amide bonds. The molecular weight excluding hydrogens is 581 g/mol. The SMILES string of the molecule is CC(=O)/C=C(/C)O.[C-]#[N+]c1ccc2c(c1)c1cccnc1n2-c1cc2ccccc2[n-]1.[Ir]. The molecule has 0 spiro atoms. The summed E-state index contributed by atoms with van der Waals surface area (Å²) in [7, 11) is 0. The van der Waals surface area contributed by atoms with Gasteiger partial charge >= 0.3 is 0 Å². The van der Waals surface area contributed by atoms with Crippen molar-refractivity contribution >= 4 is 44.3 Å². The second-order valence-corrected chi connectivity index (χ2v) is 7.09. The summed E-state index contributed by atoms with van der Waals surface area (Å²) < 4.78 is 2.07. The molecule has 0 saturated heterocycles. The number of rotatable bonds is 2. The number of allylic oxidation sites excluding steroid dienone is 2.